The Labute approximate surface area is 562 Å². The van der Waals surface area contributed by atoms with Crippen LogP contribution in [0.5, 0.6) is 0 Å². The van der Waals surface area contributed by atoms with Gasteiger partial charge >= 0.3 is 0 Å². The predicted molar refractivity (Wildman–Crippen MR) is 369 cm³/mol. The van der Waals surface area contributed by atoms with E-state index in [2.05, 4.69) is 141 Å². The van der Waals surface area contributed by atoms with Gasteiger partial charge in [-0.15, -0.1) is 0 Å². The third kappa shape index (κ3) is 36.0. The molecule has 536 valence electrons. The molecule has 0 bridgehead atoms. The summed E-state index contributed by atoms with van der Waals surface area (Å²) in [4.78, 5) is 13.4. The van der Waals surface area contributed by atoms with Crippen molar-refractivity contribution in [2.24, 2.45) is 0 Å². The normalized spacial score (nSPS) is 28.2. The SMILES string of the molecule is CC/C=C\C/C=C\C/C=C\C/C=C\C/C=C\C/C=C\C/C=C\C/C=C\CCCCC(=O)NC(COC1OC(CO)C(OC2OC(CO)C(OC3OC(CO)C(O)C(O)C3O)C(O)C2O)C(O)C1O)C(O)/C=C/CC/C=C/CC/C=C/CCCCCCCCCCCCCC. The molecule has 3 saturated heterocycles. The number of unbranched alkanes of at least 4 members (excludes halogenated alkanes) is 16. The van der Waals surface area contributed by atoms with E-state index in [0.29, 0.717) is 12.8 Å². The molecule has 3 aliphatic rings. The Morgan fingerprint density at radius 1 is 0.394 bits per heavy atom. The molecule has 3 heterocycles. The van der Waals surface area contributed by atoms with Gasteiger partial charge in [0.05, 0.1) is 38.6 Å². The Kier molecular flexibility index (Phi) is 49.1. The minimum Gasteiger partial charge on any atom is -0.394 e. The Bertz CT molecular complexity index is 2220. The van der Waals surface area contributed by atoms with Crippen LogP contribution < -0.4 is 5.32 Å². The number of carbonyl (C=O) groups is 1. The van der Waals surface area contributed by atoms with Gasteiger partial charge in [0.15, 0.2) is 18.9 Å². The maximum absolute atomic E-state index is 13.4. The lowest BCUT2D eigenvalue weighted by molar-refractivity contribution is -0.379. The zero-order valence-electron chi connectivity index (χ0n) is 56.6. The van der Waals surface area contributed by atoms with Crippen molar-refractivity contribution in [3.8, 4) is 0 Å². The third-order valence-corrected chi connectivity index (χ3v) is 16.7. The smallest absolute Gasteiger partial charge is 0.220 e. The maximum atomic E-state index is 13.4. The molecule has 3 aliphatic heterocycles. The second-order valence-electron chi connectivity index (χ2n) is 24.6. The van der Waals surface area contributed by atoms with Crippen molar-refractivity contribution in [1.29, 1.82) is 0 Å². The second kappa shape index (κ2) is 54.9. The highest BCUT2D eigenvalue weighted by Crippen LogP contribution is 2.33. The molecule has 19 heteroatoms. The zero-order valence-corrected chi connectivity index (χ0v) is 56.6. The van der Waals surface area contributed by atoms with Gasteiger partial charge in [0.25, 0.3) is 0 Å². The van der Waals surface area contributed by atoms with Crippen LogP contribution in [-0.4, -0.2) is 193 Å². The largest absolute Gasteiger partial charge is 0.394 e. The first kappa shape index (κ1) is 84.2. The van der Waals surface area contributed by atoms with Crippen LogP contribution in [0.3, 0.4) is 0 Å². The number of rotatable bonds is 52. The number of ether oxygens (including phenoxy) is 6. The fourth-order valence-electron chi connectivity index (χ4n) is 10.9. The first-order chi connectivity index (χ1) is 45.8. The van der Waals surface area contributed by atoms with Crippen LogP contribution in [0.1, 0.15) is 200 Å². The zero-order chi connectivity index (χ0) is 68.2. The average molecular weight is 1330 g/mol. The molecule has 3 rings (SSSR count). The van der Waals surface area contributed by atoms with E-state index in [-0.39, 0.29) is 12.3 Å². The van der Waals surface area contributed by atoms with E-state index in [4.69, 9.17) is 28.4 Å². The summed E-state index contributed by atoms with van der Waals surface area (Å²) in [6.45, 7) is 1.54. The fourth-order valence-corrected chi connectivity index (χ4v) is 10.9. The molecule has 0 spiro atoms. The van der Waals surface area contributed by atoms with Crippen LogP contribution in [0.2, 0.25) is 0 Å². The molecule has 0 aromatic heterocycles. The summed E-state index contributed by atoms with van der Waals surface area (Å²) in [6.07, 6.45) is 49.9. The standard InChI is InChI=1S/C75H123NO18/c1-3-5-7-9-11-13-15-17-19-21-23-25-27-28-29-30-31-33-35-37-39-41-43-45-47-49-51-53-63(81)76-58(59(80)52-50-48-46-44-42-40-38-36-34-32-26-24-22-20-18-16-14-12-10-8-6-4-2)57-89-73-69(87)66(84)71(61(55-78)91-73)94-75-70(88)67(85)72(62(56-79)92-75)93-74-68(86)65(83)64(82)60(54-77)90-74/h5,7,11,13,17,19,23,25,28-29,31,33-34,36-37,39,42-45,50,52,58-62,64-75,77-80,82-88H,3-4,6,8-10,12,14-16,18,20-22,24,26-27,30,32,35,38,40-41,46-49,51,53-57H2,1-2H3,(H,76,81)/b7-5-,13-11-,19-17-,25-23-,29-28-,33-31-,36-34+,39-37-,44-42+,45-43-,52-50+. The molecule has 1 amide bonds. The first-order valence-corrected chi connectivity index (χ1v) is 35.4. The van der Waals surface area contributed by atoms with Crippen molar-refractivity contribution in [1.82, 2.24) is 5.32 Å². The monoisotopic (exact) mass is 1330 g/mol. The Morgan fingerprint density at radius 3 is 1.19 bits per heavy atom. The summed E-state index contributed by atoms with van der Waals surface area (Å²) in [6, 6.07) is -1.03. The van der Waals surface area contributed by atoms with Gasteiger partial charge in [-0.25, -0.2) is 0 Å². The average Bonchev–Trinajstić information content (AvgIpc) is 0.787. The highest BCUT2D eigenvalue weighted by Gasteiger charge is 2.53. The molecule has 0 radical (unpaired) electrons. The van der Waals surface area contributed by atoms with E-state index >= 15 is 0 Å². The van der Waals surface area contributed by atoms with Crippen LogP contribution in [0.25, 0.3) is 0 Å². The molecule has 0 aromatic carbocycles. The number of hydrogen-bond donors (Lipinski definition) is 12. The van der Waals surface area contributed by atoms with Gasteiger partial charge in [-0.3, -0.25) is 4.79 Å². The van der Waals surface area contributed by atoms with Crippen LogP contribution >= 0.6 is 0 Å². The van der Waals surface area contributed by atoms with Crippen molar-refractivity contribution in [3.05, 3.63) is 134 Å². The number of nitrogens with one attached hydrogen (secondary N) is 1. The molecule has 17 unspecified atom stereocenters. The number of aliphatic hydroxyl groups excluding tert-OH is 11. The van der Waals surface area contributed by atoms with Crippen LogP contribution in [-0.2, 0) is 33.2 Å². The lowest BCUT2D eigenvalue weighted by Gasteiger charge is -2.48. The van der Waals surface area contributed by atoms with Gasteiger partial charge in [-0.2, -0.15) is 0 Å². The molecular weight excluding hydrogens is 1200 g/mol. The van der Waals surface area contributed by atoms with E-state index in [9.17, 15) is 61.0 Å². The Balaban J connectivity index is 1.48. The maximum Gasteiger partial charge on any atom is 0.220 e. The topological polar surface area (TPSA) is 307 Å². The molecule has 3 fully saturated rings. The van der Waals surface area contributed by atoms with Crippen molar-refractivity contribution in [2.75, 3.05) is 26.4 Å². The summed E-state index contributed by atoms with van der Waals surface area (Å²) in [7, 11) is 0. The van der Waals surface area contributed by atoms with Crippen molar-refractivity contribution < 1.29 is 89.4 Å². The third-order valence-electron chi connectivity index (χ3n) is 16.7. The van der Waals surface area contributed by atoms with Crippen LogP contribution in [0, 0.1) is 0 Å². The lowest BCUT2D eigenvalue weighted by atomic mass is 9.96. The molecule has 94 heavy (non-hydrogen) atoms. The predicted octanol–water partition coefficient (Wildman–Crippen LogP) is 9.77. The molecule has 17 atom stereocenters. The van der Waals surface area contributed by atoms with E-state index in [1.54, 1.807) is 6.08 Å². The van der Waals surface area contributed by atoms with Crippen molar-refractivity contribution in [3.63, 3.8) is 0 Å². The molecule has 12 N–H and O–H groups in total. The summed E-state index contributed by atoms with van der Waals surface area (Å²) >= 11 is 0. The van der Waals surface area contributed by atoms with Gasteiger partial charge < -0.3 is 89.9 Å². The summed E-state index contributed by atoms with van der Waals surface area (Å²) in [5, 5.41) is 121. The van der Waals surface area contributed by atoms with Crippen molar-refractivity contribution >= 4 is 5.91 Å². The number of carbonyl (C=O) groups excluding carboxylic acids is 1. The Morgan fingerprint density at radius 2 is 0.745 bits per heavy atom. The molecule has 0 aliphatic carbocycles. The number of hydrogen-bond acceptors (Lipinski definition) is 18. The first-order valence-electron chi connectivity index (χ1n) is 35.4. The number of allylic oxidation sites excluding steroid dienone is 21. The quantitative estimate of drug-likeness (QED) is 0.0199. The summed E-state index contributed by atoms with van der Waals surface area (Å²) < 4.78 is 34.3. The van der Waals surface area contributed by atoms with E-state index in [0.717, 1.165) is 89.9 Å². The van der Waals surface area contributed by atoms with Crippen LogP contribution in [0.4, 0.5) is 0 Å². The van der Waals surface area contributed by atoms with E-state index < -0.39 is 131 Å². The summed E-state index contributed by atoms with van der Waals surface area (Å²) in [5.74, 6) is -0.337. The van der Waals surface area contributed by atoms with E-state index in [1.165, 1.54) is 77.0 Å². The fraction of sp³-hybridized carbons (Fsp3) is 0.693. The van der Waals surface area contributed by atoms with Gasteiger partial charge in [-0.1, -0.05) is 218 Å². The van der Waals surface area contributed by atoms with E-state index in [1.807, 2.05) is 6.08 Å². The van der Waals surface area contributed by atoms with Crippen molar-refractivity contribution in [2.45, 2.75) is 304 Å². The lowest BCUT2D eigenvalue weighted by Crippen LogP contribution is -2.66. The number of aliphatic hydroxyl groups is 11. The highest BCUT2D eigenvalue weighted by molar-refractivity contribution is 5.76. The van der Waals surface area contributed by atoms with Gasteiger partial charge in [-0.05, 0) is 109 Å². The minimum absolute atomic E-state index is 0.167. The second-order valence-corrected chi connectivity index (χ2v) is 24.6. The minimum atomic E-state index is -1.99. The van der Waals surface area contributed by atoms with Gasteiger partial charge in [0, 0.05) is 6.42 Å². The van der Waals surface area contributed by atoms with Gasteiger partial charge in [0.1, 0.15) is 73.2 Å². The summed E-state index contributed by atoms with van der Waals surface area (Å²) in [5.41, 5.74) is 0. The Hall–Kier alpha value is -4.07. The number of amides is 1. The molecular formula is C75H123NO18. The molecule has 19 nitrogen and oxygen atoms in total. The van der Waals surface area contributed by atoms with Crippen LogP contribution in [0.15, 0.2) is 134 Å². The molecule has 0 aromatic rings. The molecule has 0 saturated carbocycles. The van der Waals surface area contributed by atoms with Gasteiger partial charge in [0.2, 0.25) is 5.91 Å². The highest BCUT2D eigenvalue weighted by atomic mass is 16.8.